The molecular weight excluding hydrogens is 392 g/mol. The van der Waals surface area contributed by atoms with Gasteiger partial charge < -0.3 is 10.1 Å². The molecule has 0 radical (unpaired) electrons. The summed E-state index contributed by atoms with van der Waals surface area (Å²) in [7, 11) is 1.38. The Balaban J connectivity index is 1.82. The standard InChI is InChI=1S/C20H20N4O4S/c1-13(18(25)22-20(27)21-2)28-19(26)15-12-24(11-14-7-4-3-5-8-14)23-17(15)16-9-6-10-29-16/h3-10,12-13H,11H2,1-2H3,(H2,21,22,25,27)/t13-/m1/s1. The lowest BCUT2D eigenvalue weighted by atomic mass is 10.2. The lowest BCUT2D eigenvalue weighted by Gasteiger charge is -2.12. The van der Waals surface area contributed by atoms with Gasteiger partial charge in [-0.05, 0) is 23.9 Å². The number of hydrogen-bond acceptors (Lipinski definition) is 6. The van der Waals surface area contributed by atoms with Gasteiger partial charge in [0.25, 0.3) is 5.91 Å². The van der Waals surface area contributed by atoms with Crippen molar-refractivity contribution in [2.75, 3.05) is 7.05 Å². The molecule has 9 heteroatoms. The minimum absolute atomic E-state index is 0.253. The average molecular weight is 412 g/mol. The maximum atomic E-state index is 12.7. The highest BCUT2D eigenvalue weighted by atomic mass is 32.1. The quantitative estimate of drug-likeness (QED) is 0.606. The first kappa shape index (κ1) is 20.3. The van der Waals surface area contributed by atoms with Crippen LogP contribution in [0.5, 0.6) is 0 Å². The van der Waals surface area contributed by atoms with E-state index in [9.17, 15) is 14.4 Å². The molecule has 1 aromatic carbocycles. The second kappa shape index (κ2) is 9.16. The zero-order valence-corrected chi connectivity index (χ0v) is 16.7. The molecule has 3 aromatic rings. The number of benzene rings is 1. The summed E-state index contributed by atoms with van der Waals surface area (Å²) in [5.41, 5.74) is 1.77. The van der Waals surface area contributed by atoms with Crippen molar-refractivity contribution in [3.63, 3.8) is 0 Å². The topological polar surface area (TPSA) is 102 Å². The van der Waals surface area contributed by atoms with Gasteiger partial charge in [0.05, 0.1) is 11.4 Å². The monoisotopic (exact) mass is 412 g/mol. The van der Waals surface area contributed by atoms with Crippen molar-refractivity contribution < 1.29 is 19.1 Å². The molecule has 2 N–H and O–H groups in total. The van der Waals surface area contributed by atoms with E-state index in [4.69, 9.17) is 4.74 Å². The van der Waals surface area contributed by atoms with Gasteiger partial charge in [0.2, 0.25) is 0 Å². The van der Waals surface area contributed by atoms with Crippen LogP contribution in [-0.4, -0.2) is 40.8 Å². The van der Waals surface area contributed by atoms with Gasteiger partial charge in [-0.3, -0.25) is 14.8 Å². The van der Waals surface area contributed by atoms with Crippen LogP contribution in [0.4, 0.5) is 4.79 Å². The highest BCUT2D eigenvalue weighted by Gasteiger charge is 2.25. The van der Waals surface area contributed by atoms with Crippen molar-refractivity contribution in [3.8, 4) is 10.6 Å². The molecule has 0 unspecified atom stereocenters. The van der Waals surface area contributed by atoms with Crippen molar-refractivity contribution in [1.29, 1.82) is 0 Å². The van der Waals surface area contributed by atoms with Gasteiger partial charge in [0, 0.05) is 13.2 Å². The second-order valence-electron chi connectivity index (χ2n) is 6.17. The Labute approximate surface area is 171 Å². The van der Waals surface area contributed by atoms with E-state index >= 15 is 0 Å². The molecule has 8 nitrogen and oxygen atoms in total. The van der Waals surface area contributed by atoms with Gasteiger partial charge in [-0.2, -0.15) is 5.10 Å². The van der Waals surface area contributed by atoms with E-state index in [1.807, 2.05) is 47.8 Å². The number of carbonyl (C=O) groups excluding carboxylic acids is 3. The number of imide groups is 1. The maximum absolute atomic E-state index is 12.7. The van der Waals surface area contributed by atoms with Crippen molar-refractivity contribution >= 4 is 29.2 Å². The fraction of sp³-hybridized carbons (Fsp3) is 0.200. The first-order valence-corrected chi connectivity index (χ1v) is 9.74. The molecule has 0 bridgehead atoms. The van der Waals surface area contributed by atoms with Crippen molar-refractivity contribution in [2.24, 2.45) is 0 Å². The van der Waals surface area contributed by atoms with Crippen LogP contribution in [0.2, 0.25) is 0 Å². The molecule has 29 heavy (non-hydrogen) atoms. The van der Waals surface area contributed by atoms with Gasteiger partial charge in [-0.1, -0.05) is 36.4 Å². The summed E-state index contributed by atoms with van der Waals surface area (Å²) >= 11 is 1.45. The van der Waals surface area contributed by atoms with E-state index < -0.39 is 24.0 Å². The molecule has 2 heterocycles. The number of nitrogens with one attached hydrogen (secondary N) is 2. The lowest BCUT2D eigenvalue weighted by Crippen LogP contribution is -2.43. The number of rotatable bonds is 6. The highest BCUT2D eigenvalue weighted by molar-refractivity contribution is 7.13. The van der Waals surface area contributed by atoms with E-state index in [2.05, 4.69) is 15.7 Å². The van der Waals surface area contributed by atoms with E-state index in [-0.39, 0.29) is 5.56 Å². The summed E-state index contributed by atoms with van der Waals surface area (Å²) in [6.45, 7) is 1.88. The first-order chi connectivity index (χ1) is 14.0. The highest BCUT2D eigenvalue weighted by Crippen LogP contribution is 2.27. The molecule has 2 aromatic heterocycles. The molecule has 0 fully saturated rings. The van der Waals surface area contributed by atoms with Crippen LogP contribution in [0, 0.1) is 0 Å². The van der Waals surface area contributed by atoms with Gasteiger partial charge in [0.15, 0.2) is 6.10 Å². The van der Waals surface area contributed by atoms with Crippen LogP contribution >= 0.6 is 11.3 Å². The van der Waals surface area contributed by atoms with Crippen LogP contribution in [0.1, 0.15) is 22.8 Å². The zero-order valence-electron chi connectivity index (χ0n) is 15.9. The number of aromatic nitrogens is 2. The smallest absolute Gasteiger partial charge is 0.342 e. The Morgan fingerprint density at radius 1 is 1.17 bits per heavy atom. The summed E-state index contributed by atoms with van der Waals surface area (Å²) in [4.78, 5) is 36.8. The molecule has 3 rings (SSSR count). The number of esters is 1. The molecule has 0 saturated heterocycles. The van der Waals surface area contributed by atoms with Crippen LogP contribution < -0.4 is 10.6 Å². The number of amides is 3. The normalized spacial score (nSPS) is 11.5. The predicted octanol–water partition coefficient (Wildman–Crippen LogP) is 2.66. The van der Waals surface area contributed by atoms with E-state index in [0.29, 0.717) is 12.2 Å². The Morgan fingerprint density at radius 2 is 1.93 bits per heavy atom. The maximum Gasteiger partial charge on any atom is 0.342 e. The van der Waals surface area contributed by atoms with Crippen LogP contribution in [0.3, 0.4) is 0 Å². The molecular formula is C20H20N4O4S. The molecule has 0 aliphatic carbocycles. The molecule has 0 aliphatic heterocycles. The van der Waals surface area contributed by atoms with Crippen LogP contribution in [-0.2, 0) is 16.1 Å². The van der Waals surface area contributed by atoms with Gasteiger partial charge in [-0.25, -0.2) is 9.59 Å². The summed E-state index contributed by atoms with van der Waals surface area (Å²) in [5, 5.41) is 10.8. The minimum Gasteiger partial charge on any atom is -0.449 e. The van der Waals surface area contributed by atoms with Gasteiger partial charge >= 0.3 is 12.0 Å². The molecule has 0 aliphatic rings. The third kappa shape index (κ3) is 5.08. The van der Waals surface area contributed by atoms with Gasteiger partial charge in [0.1, 0.15) is 11.3 Å². The third-order valence-electron chi connectivity index (χ3n) is 4.04. The van der Waals surface area contributed by atoms with E-state index in [0.717, 1.165) is 10.4 Å². The average Bonchev–Trinajstić information content (AvgIpc) is 3.38. The zero-order chi connectivity index (χ0) is 20.8. The van der Waals surface area contributed by atoms with E-state index in [1.165, 1.54) is 25.3 Å². The number of ether oxygens (including phenoxy) is 1. The third-order valence-corrected chi connectivity index (χ3v) is 4.92. The SMILES string of the molecule is CNC(=O)NC(=O)[C@@H](C)OC(=O)c1cn(Cc2ccccc2)nc1-c1cccs1. The molecule has 0 spiro atoms. The molecule has 3 amide bonds. The van der Waals surface area contributed by atoms with Crippen molar-refractivity contribution in [2.45, 2.75) is 19.6 Å². The van der Waals surface area contributed by atoms with Crippen molar-refractivity contribution in [1.82, 2.24) is 20.4 Å². The first-order valence-electron chi connectivity index (χ1n) is 8.86. The van der Waals surface area contributed by atoms with Gasteiger partial charge in [-0.15, -0.1) is 11.3 Å². The van der Waals surface area contributed by atoms with Crippen LogP contribution in [0.15, 0.2) is 54.0 Å². The van der Waals surface area contributed by atoms with Crippen molar-refractivity contribution in [3.05, 3.63) is 65.2 Å². The molecule has 1 atom stereocenters. The predicted molar refractivity (Wildman–Crippen MR) is 109 cm³/mol. The second-order valence-corrected chi connectivity index (χ2v) is 7.12. The number of carbonyl (C=O) groups is 3. The van der Waals surface area contributed by atoms with Crippen LogP contribution in [0.25, 0.3) is 10.6 Å². The number of nitrogens with zero attached hydrogens (tertiary/aromatic N) is 2. The molecule has 150 valence electrons. The Morgan fingerprint density at radius 3 is 2.59 bits per heavy atom. The fourth-order valence-corrected chi connectivity index (χ4v) is 3.29. The summed E-state index contributed by atoms with van der Waals surface area (Å²) in [6, 6.07) is 12.8. The minimum atomic E-state index is -1.14. The number of urea groups is 1. The largest absolute Gasteiger partial charge is 0.449 e. The van der Waals surface area contributed by atoms with E-state index in [1.54, 1.807) is 10.9 Å². The summed E-state index contributed by atoms with van der Waals surface area (Å²) in [6.07, 6.45) is 0.460. The Hall–Kier alpha value is -3.46. The lowest BCUT2D eigenvalue weighted by molar-refractivity contribution is -0.127. The fourth-order valence-electron chi connectivity index (χ4n) is 2.57. The summed E-state index contributed by atoms with van der Waals surface area (Å²) in [5.74, 6) is -1.40. The number of hydrogen-bond donors (Lipinski definition) is 2. The summed E-state index contributed by atoms with van der Waals surface area (Å²) < 4.78 is 6.93. The molecule has 0 saturated carbocycles. The Bertz CT molecular complexity index is 999. The number of thiophene rings is 1. The Kier molecular flexibility index (Phi) is 6.40.